The van der Waals surface area contributed by atoms with E-state index >= 15 is 0 Å². The monoisotopic (exact) mass is 253 g/mol. The molecule has 0 aromatic heterocycles. The van der Waals surface area contributed by atoms with Crippen molar-refractivity contribution < 1.29 is 18.3 Å². The third-order valence-corrected chi connectivity index (χ3v) is 2.39. The molecule has 0 radical (unpaired) electrons. The van der Waals surface area contributed by atoms with E-state index < -0.39 is 17.5 Å². The summed E-state index contributed by atoms with van der Waals surface area (Å²) in [7, 11) is 0. The molecule has 0 saturated carbocycles. The van der Waals surface area contributed by atoms with Gasteiger partial charge in [-0.2, -0.15) is 0 Å². The Morgan fingerprint density at radius 3 is 2.28 bits per heavy atom. The van der Waals surface area contributed by atoms with Crippen LogP contribution < -0.4 is 5.32 Å². The first-order valence-corrected chi connectivity index (χ1v) is 5.22. The highest BCUT2D eigenvalue weighted by Crippen LogP contribution is 2.18. The van der Waals surface area contributed by atoms with Crippen molar-refractivity contribution in [2.75, 3.05) is 5.32 Å². The first-order valence-electron chi connectivity index (χ1n) is 5.22. The van der Waals surface area contributed by atoms with Gasteiger partial charge in [0.05, 0.1) is 0 Å². The van der Waals surface area contributed by atoms with Crippen LogP contribution in [-0.2, 0) is 6.54 Å². The van der Waals surface area contributed by atoms with Crippen LogP contribution in [0.4, 0.5) is 18.9 Å². The van der Waals surface area contributed by atoms with E-state index in [0.29, 0.717) is 0 Å². The third-order valence-electron chi connectivity index (χ3n) is 2.39. The van der Waals surface area contributed by atoms with Gasteiger partial charge in [0, 0.05) is 24.4 Å². The largest absolute Gasteiger partial charge is 0.508 e. The number of benzene rings is 2. The Labute approximate surface area is 102 Å². The number of aromatic hydroxyl groups is 1. The summed E-state index contributed by atoms with van der Waals surface area (Å²) in [5, 5.41) is 12.0. The summed E-state index contributed by atoms with van der Waals surface area (Å²) in [6, 6.07) is 8.17. The van der Waals surface area contributed by atoms with Crippen molar-refractivity contribution in [3.63, 3.8) is 0 Å². The molecule has 0 unspecified atom stereocenters. The second kappa shape index (κ2) is 5.00. The minimum absolute atomic E-state index is 0.103. The van der Waals surface area contributed by atoms with Gasteiger partial charge in [-0.05, 0) is 17.7 Å². The van der Waals surface area contributed by atoms with E-state index in [4.69, 9.17) is 0 Å². The molecule has 2 nitrogen and oxygen atoms in total. The number of phenolic OH excluding ortho intramolecular Hbond substituents is 1. The number of hydrogen-bond donors (Lipinski definition) is 2. The maximum atomic E-state index is 12.9. The van der Waals surface area contributed by atoms with Gasteiger partial charge in [-0.25, -0.2) is 13.2 Å². The molecule has 0 fully saturated rings. The topological polar surface area (TPSA) is 32.3 Å². The highest BCUT2D eigenvalue weighted by Gasteiger charge is 2.10. The molecule has 18 heavy (non-hydrogen) atoms. The van der Waals surface area contributed by atoms with E-state index in [1.54, 1.807) is 12.1 Å². The number of hydrogen-bond acceptors (Lipinski definition) is 2. The van der Waals surface area contributed by atoms with Crippen LogP contribution in [0.1, 0.15) is 5.56 Å². The zero-order chi connectivity index (χ0) is 13.1. The molecule has 0 aliphatic rings. The van der Waals surface area contributed by atoms with Crippen LogP contribution in [0.5, 0.6) is 5.75 Å². The Morgan fingerprint density at radius 2 is 1.67 bits per heavy atom. The van der Waals surface area contributed by atoms with Gasteiger partial charge in [0.15, 0.2) is 17.5 Å². The van der Waals surface area contributed by atoms with E-state index in [0.717, 1.165) is 17.7 Å². The molecule has 2 aromatic carbocycles. The molecule has 2 aromatic rings. The highest BCUT2D eigenvalue weighted by atomic mass is 19.2. The fourth-order valence-electron chi connectivity index (χ4n) is 1.53. The molecule has 0 bridgehead atoms. The normalized spacial score (nSPS) is 10.4. The lowest BCUT2D eigenvalue weighted by molar-refractivity contribution is 0.447. The Bertz CT molecular complexity index is 549. The standard InChI is InChI=1S/C13H10F3NO/c14-11-5-9(6-12(15)13(11)16)17-7-8-2-1-3-10(18)4-8/h1-6,17-18H,7H2. The Kier molecular flexibility index (Phi) is 3.41. The summed E-state index contributed by atoms with van der Waals surface area (Å²) < 4.78 is 38.6. The summed E-state index contributed by atoms with van der Waals surface area (Å²) >= 11 is 0. The van der Waals surface area contributed by atoms with E-state index in [-0.39, 0.29) is 18.0 Å². The van der Waals surface area contributed by atoms with E-state index in [2.05, 4.69) is 5.32 Å². The van der Waals surface area contributed by atoms with Crippen LogP contribution in [0, 0.1) is 17.5 Å². The minimum Gasteiger partial charge on any atom is -0.508 e. The lowest BCUT2D eigenvalue weighted by Gasteiger charge is -2.07. The summed E-state index contributed by atoms with van der Waals surface area (Å²) in [5.74, 6) is -3.87. The number of phenols is 1. The van der Waals surface area contributed by atoms with Gasteiger partial charge in [0.25, 0.3) is 0 Å². The van der Waals surface area contributed by atoms with Crippen molar-refractivity contribution in [1.82, 2.24) is 0 Å². The van der Waals surface area contributed by atoms with E-state index in [1.165, 1.54) is 12.1 Å². The first-order chi connectivity index (χ1) is 8.56. The van der Waals surface area contributed by atoms with E-state index in [1.807, 2.05) is 0 Å². The van der Waals surface area contributed by atoms with Gasteiger partial charge in [-0.3, -0.25) is 0 Å². The van der Waals surface area contributed by atoms with Gasteiger partial charge in [0.1, 0.15) is 5.75 Å². The van der Waals surface area contributed by atoms with Crippen LogP contribution >= 0.6 is 0 Å². The van der Waals surface area contributed by atoms with Crippen LogP contribution in [-0.4, -0.2) is 5.11 Å². The van der Waals surface area contributed by atoms with Crippen LogP contribution in [0.2, 0.25) is 0 Å². The van der Waals surface area contributed by atoms with Gasteiger partial charge >= 0.3 is 0 Å². The highest BCUT2D eigenvalue weighted by molar-refractivity contribution is 5.45. The number of nitrogens with one attached hydrogen (secondary N) is 1. The van der Waals surface area contributed by atoms with Crippen LogP contribution in [0.15, 0.2) is 36.4 Å². The SMILES string of the molecule is Oc1cccc(CNc2cc(F)c(F)c(F)c2)c1. The Morgan fingerprint density at radius 1 is 1.00 bits per heavy atom. The Hall–Kier alpha value is -2.17. The van der Waals surface area contributed by atoms with E-state index in [9.17, 15) is 18.3 Å². The molecule has 0 amide bonds. The summed E-state index contributed by atoms with van der Waals surface area (Å²) in [4.78, 5) is 0. The van der Waals surface area contributed by atoms with Crippen molar-refractivity contribution >= 4 is 5.69 Å². The lowest BCUT2D eigenvalue weighted by atomic mass is 10.2. The average Bonchev–Trinajstić information content (AvgIpc) is 2.33. The molecule has 0 aliphatic carbocycles. The second-order valence-corrected chi connectivity index (χ2v) is 3.78. The van der Waals surface area contributed by atoms with Crippen LogP contribution in [0.25, 0.3) is 0 Å². The van der Waals surface area contributed by atoms with Gasteiger partial charge < -0.3 is 10.4 Å². The van der Waals surface area contributed by atoms with Gasteiger partial charge in [0.2, 0.25) is 0 Å². The number of anilines is 1. The molecule has 0 spiro atoms. The van der Waals surface area contributed by atoms with Gasteiger partial charge in [-0.15, -0.1) is 0 Å². The molecule has 2 N–H and O–H groups in total. The molecular weight excluding hydrogens is 243 g/mol. The van der Waals surface area contributed by atoms with Crippen molar-refractivity contribution in [3.05, 3.63) is 59.4 Å². The van der Waals surface area contributed by atoms with Gasteiger partial charge in [-0.1, -0.05) is 12.1 Å². The predicted octanol–water partition coefficient (Wildman–Crippen LogP) is 3.42. The molecular formula is C13H10F3NO. The quantitative estimate of drug-likeness (QED) is 0.821. The lowest BCUT2D eigenvalue weighted by Crippen LogP contribution is -2.01. The summed E-state index contributed by atoms with van der Waals surface area (Å²) in [6.45, 7) is 0.263. The predicted molar refractivity (Wildman–Crippen MR) is 61.7 cm³/mol. The molecule has 0 saturated heterocycles. The molecule has 5 heteroatoms. The molecule has 0 heterocycles. The summed E-state index contributed by atoms with van der Waals surface area (Å²) in [5.41, 5.74) is 0.870. The van der Waals surface area contributed by atoms with Crippen molar-refractivity contribution in [2.45, 2.75) is 6.54 Å². The fraction of sp³-hybridized carbons (Fsp3) is 0.0769. The zero-order valence-electron chi connectivity index (χ0n) is 9.25. The average molecular weight is 253 g/mol. The number of rotatable bonds is 3. The zero-order valence-corrected chi connectivity index (χ0v) is 9.25. The first kappa shape index (κ1) is 12.3. The summed E-state index contributed by atoms with van der Waals surface area (Å²) in [6.07, 6.45) is 0. The maximum absolute atomic E-state index is 12.9. The maximum Gasteiger partial charge on any atom is 0.194 e. The Balaban J connectivity index is 2.11. The molecule has 0 atom stereocenters. The van der Waals surface area contributed by atoms with Crippen molar-refractivity contribution in [1.29, 1.82) is 0 Å². The second-order valence-electron chi connectivity index (χ2n) is 3.78. The minimum atomic E-state index is -1.49. The van der Waals surface area contributed by atoms with Crippen molar-refractivity contribution in [3.8, 4) is 5.75 Å². The molecule has 2 rings (SSSR count). The molecule has 94 valence electrons. The molecule has 0 aliphatic heterocycles. The van der Waals surface area contributed by atoms with Crippen LogP contribution in [0.3, 0.4) is 0 Å². The van der Waals surface area contributed by atoms with Crippen molar-refractivity contribution in [2.24, 2.45) is 0 Å². The smallest absolute Gasteiger partial charge is 0.194 e. The third kappa shape index (κ3) is 2.74. The number of halogens is 3. The fourth-order valence-corrected chi connectivity index (χ4v) is 1.53.